The largest absolute Gasteiger partial charge is 0.398 e. The van der Waals surface area contributed by atoms with Gasteiger partial charge in [0.05, 0.1) is 11.7 Å². The summed E-state index contributed by atoms with van der Waals surface area (Å²) in [4.78, 5) is 11.8. The zero-order chi connectivity index (χ0) is 15.5. The summed E-state index contributed by atoms with van der Waals surface area (Å²) < 4.78 is 26.9. The van der Waals surface area contributed by atoms with Crippen LogP contribution in [0.5, 0.6) is 0 Å². The molecule has 112 valence electrons. The Morgan fingerprint density at radius 2 is 1.85 bits per heavy atom. The van der Waals surface area contributed by atoms with Crippen LogP contribution in [0.1, 0.15) is 26.3 Å². The number of nitrogens with one attached hydrogen (secondary N) is 2. The number of carbonyl (C=O) groups excluding carboxylic acids is 1. The summed E-state index contributed by atoms with van der Waals surface area (Å²) >= 11 is 0. The van der Waals surface area contributed by atoms with Crippen LogP contribution in [-0.2, 0) is 14.8 Å². The minimum Gasteiger partial charge on any atom is -0.398 e. The molecule has 7 heteroatoms. The Balaban J connectivity index is 2.99. The van der Waals surface area contributed by atoms with Crippen LogP contribution < -0.4 is 15.8 Å². The second-order valence-electron chi connectivity index (χ2n) is 5.00. The number of hydrogen-bond donors (Lipinski definition) is 3. The van der Waals surface area contributed by atoms with Crippen molar-refractivity contribution in [3.8, 4) is 0 Å². The molecule has 0 saturated heterocycles. The normalized spacial score (nSPS) is 13.2. The number of carbonyl (C=O) groups is 1. The van der Waals surface area contributed by atoms with Crippen LogP contribution in [0.4, 0.5) is 5.69 Å². The number of anilines is 1. The Morgan fingerprint density at radius 3 is 2.35 bits per heavy atom. The lowest BCUT2D eigenvalue weighted by molar-refractivity contribution is -0.122. The molecular weight excluding hydrogens is 278 g/mol. The highest BCUT2D eigenvalue weighted by Gasteiger charge is 2.25. The summed E-state index contributed by atoms with van der Waals surface area (Å²) in [6.45, 7) is 6.75. The average molecular weight is 299 g/mol. The lowest BCUT2D eigenvalue weighted by Gasteiger charge is -2.17. The first-order valence-electron chi connectivity index (χ1n) is 6.33. The first-order chi connectivity index (χ1) is 9.15. The maximum atomic E-state index is 12.3. The molecule has 1 unspecified atom stereocenters. The van der Waals surface area contributed by atoms with Crippen molar-refractivity contribution >= 4 is 21.6 Å². The van der Waals surface area contributed by atoms with E-state index in [1.165, 1.54) is 13.0 Å². The number of nitrogens with two attached hydrogens (primary N) is 1. The number of rotatable bonds is 5. The third kappa shape index (κ3) is 3.94. The standard InChI is InChI=1S/C13H21N3O3S/c1-8(2)15-13(17)10(4)16-20(18,19)12-9(3)6-5-7-11(12)14/h5-8,10,16H,14H2,1-4H3,(H,15,17). The molecule has 0 radical (unpaired) electrons. The van der Waals surface area contributed by atoms with E-state index in [4.69, 9.17) is 5.73 Å². The summed E-state index contributed by atoms with van der Waals surface area (Å²) in [5, 5.41) is 2.65. The fourth-order valence-electron chi connectivity index (χ4n) is 1.80. The van der Waals surface area contributed by atoms with Crippen molar-refractivity contribution in [3.63, 3.8) is 0 Å². The highest BCUT2D eigenvalue weighted by atomic mass is 32.2. The van der Waals surface area contributed by atoms with Crippen molar-refractivity contribution in [2.45, 2.75) is 44.7 Å². The highest BCUT2D eigenvalue weighted by Crippen LogP contribution is 2.22. The van der Waals surface area contributed by atoms with Gasteiger partial charge in [0.15, 0.2) is 0 Å². The van der Waals surface area contributed by atoms with E-state index in [0.29, 0.717) is 5.56 Å². The first kappa shape index (κ1) is 16.5. The third-order valence-electron chi connectivity index (χ3n) is 2.67. The van der Waals surface area contributed by atoms with Gasteiger partial charge in [-0.3, -0.25) is 4.79 Å². The van der Waals surface area contributed by atoms with E-state index in [0.717, 1.165) is 0 Å². The Labute approximate surface area is 119 Å². The van der Waals surface area contributed by atoms with Crippen LogP contribution >= 0.6 is 0 Å². The second-order valence-corrected chi connectivity index (χ2v) is 6.65. The second kappa shape index (κ2) is 6.23. The molecule has 0 aliphatic heterocycles. The summed E-state index contributed by atoms with van der Waals surface area (Å²) in [5.41, 5.74) is 6.42. The molecule has 20 heavy (non-hydrogen) atoms. The van der Waals surface area contributed by atoms with E-state index in [-0.39, 0.29) is 22.5 Å². The molecule has 4 N–H and O–H groups in total. The lowest BCUT2D eigenvalue weighted by atomic mass is 10.2. The molecule has 1 rings (SSSR count). The van der Waals surface area contributed by atoms with Gasteiger partial charge in [0.1, 0.15) is 4.90 Å². The molecule has 1 atom stereocenters. The van der Waals surface area contributed by atoms with Gasteiger partial charge in [0.25, 0.3) is 0 Å². The van der Waals surface area contributed by atoms with E-state index in [1.807, 2.05) is 0 Å². The molecule has 1 aromatic carbocycles. The predicted molar refractivity (Wildman–Crippen MR) is 78.7 cm³/mol. The average Bonchev–Trinajstić information content (AvgIpc) is 2.26. The number of hydrogen-bond acceptors (Lipinski definition) is 4. The molecule has 1 aromatic rings. The molecular formula is C13H21N3O3S. The molecule has 0 spiro atoms. The number of benzene rings is 1. The van der Waals surface area contributed by atoms with Crippen molar-refractivity contribution in [2.75, 3.05) is 5.73 Å². The molecule has 1 amide bonds. The van der Waals surface area contributed by atoms with Gasteiger partial charge in [0, 0.05) is 6.04 Å². The van der Waals surface area contributed by atoms with Gasteiger partial charge in [-0.15, -0.1) is 0 Å². The van der Waals surface area contributed by atoms with E-state index >= 15 is 0 Å². The van der Waals surface area contributed by atoms with Crippen LogP contribution in [0.25, 0.3) is 0 Å². The van der Waals surface area contributed by atoms with E-state index in [2.05, 4.69) is 10.0 Å². The molecule has 0 saturated carbocycles. The zero-order valence-corrected chi connectivity index (χ0v) is 12.9. The number of aryl methyl sites for hydroxylation is 1. The summed E-state index contributed by atoms with van der Waals surface area (Å²) in [7, 11) is -3.84. The molecule has 0 aromatic heterocycles. The summed E-state index contributed by atoms with van der Waals surface area (Å²) in [6.07, 6.45) is 0. The van der Waals surface area contributed by atoms with Crippen LogP contribution in [0.15, 0.2) is 23.1 Å². The quantitative estimate of drug-likeness (QED) is 0.699. The van der Waals surface area contributed by atoms with Gasteiger partial charge in [-0.25, -0.2) is 8.42 Å². The highest BCUT2D eigenvalue weighted by molar-refractivity contribution is 7.89. The monoisotopic (exact) mass is 299 g/mol. The van der Waals surface area contributed by atoms with Crippen LogP contribution in [0, 0.1) is 6.92 Å². The smallest absolute Gasteiger partial charge is 0.243 e. The summed E-state index contributed by atoms with van der Waals surface area (Å²) in [6, 6.07) is 3.92. The van der Waals surface area contributed by atoms with Gasteiger partial charge in [0.2, 0.25) is 15.9 Å². The Hall–Kier alpha value is -1.60. The maximum Gasteiger partial charge on any atom is 0.243 e. The van der Waals surface area contributed by atoms with Gasteiger partial charge < -0.3 is 11.1 Å². The van der Waals surface area contributed by atoms with Gasteiger partial charge in [-0.1, -0.05) is 12.1 Å². The van der Waals surface area contributed by atoms with Gasteiger partial charge >= 0.3 is 0 Å². The molecule has 6 nitrogen and oxygen atoms in total. The SMILES string of the molecule is Cc1cccc(N)c1S(=O)(=O)NC(C)C(=O)NC(C)C. The Bertz CT molecular complexity index is 577. The fourth-order valence-corrected chi connectivity index (χ4v) is 3.36. The van der Waals surface area contributed by atoms with Crippen molar-refractivity contribution < 1.29 is 13.2 Å². The van der Waals surface area contributed by atoms with Crippen LogP contribution in [0.3, 0.4) is 0 Å². The minimum absolute atomic E-state index is 0.0178. The third-order valence-corrected chi connectivity index (χ3v) is 4.43. The molecule has 0 heterocycles. The minimum atomic E-state index is -3.84. The lowest BCUT2D eigenvalue weighted by Crippen LogP contribution is -2.46. The predicted octanol–water partition coefficient (Wildman–Crippen LogP) is 0.769. The zero-order valence-electron chi connectivity index (χ0n) is 12.1. The Kier molecular flexibility index (Phi) is 5.13. The van der Waals surface area contributed by atoms with E-state index in [1.54, 1.807) is 32.9 Å². The maximum absolute atomic E-state index is 12.3. The van der Waals surface area contributed by atoms with Gasteiger partial charge in [-0.2, -0.15) is 4.72 Å². The van der Waals surface area contributed by atoms with Crippen molar-refractivity contribution in [1.82, 2.24) is 10.0 Å². The van der Waals surface area contributed by atoms with Crippen LogP contribution in [-0.4, -0.2) is 26.4 Å². The topological polar surface area (TPSA) is 101 Å². The van der Waals surface area contributed by atoms with Crippen molar-refractivity contribution in [1.29, 1.82) is 0 Å². The number of sulfonamides is 1. The molecule has 0 aliphatic rings. The Morgan fingerprint density at radius 1 is 1.25 bits per heavy atom. The summed E-state index contributed by atoms with van der Waals surface area (Å²) in [5.74, 6) is -0.379. The van der Waals surface area contributed by atoms with Gasteiger partial charge in [-0.05, 0) is 39.3 Å². The fraction of sp³-hybridized carbons (Fsp3) is 0.462. The van der Waals surface area contributed by atoms with Crippen molar-refractivity contribution in [3.05, 3.63) is 23.8 Å². The molecule has 0 aliphatic carbocycles. The number of amides is 1. The van der Waals surface area contributed by atoms with E-state index < -0.39 is 16.1 Å². The molecule has 0 bridgehead atoms. The van der Waals surface area contributed by atoms with Crippen molar-refractivity contribution in [2.24, 2.45) is 0 Å². The van der Waals surface area contributed by atoms with E-state index in [9.17, 15) is 13.2 Å². The number of nitrogen functional groups attached to an aromatic ring is 1. The molecule has 0 fully saturated rings. The first-order valence-corrected chi connectivity index (χ1v) is 7.81. The van der Waals surface area contributed by atoms with Crippen LogP contribution in [0.2, 0.25) is 0 Å².